The molecule has 0 radical (unpaired) electrons. The molecule has 7 nitrogen and oxygen atoms in total. The minimum absolute atomic E-state index is 0.209. The van der Waals surface area contributed by atoms with Gasteiger partial charge in [-0.25, -0.2) is 4.98 Å². The number of likely N-dealkylation sites (N-methyl/N-ethyl adjacent to an activating group) is 1. The van der Waals surface area contributed by atoms with Crippen LogP contribution < -0.4 is 21.0 Å². The van der Waals surface area contributed by atoms with E-state index in [2.05, 4.69) is 38.6 Å². The number of H-pyrrole nitrogens is 2. The zero-order chi connectivity index (χ0) is 20.4. The zero-order valence-corrected chi connectivity index (χ0v) is 17.0. The predicted molar refractivity (Wildman–Crippen MR) is 117 cm³/mol. The van der Waals surface area contributed by atoms with E-state index < -0.39 is 0 Å². The Hall–Kier alpha value is -2.90. The Bertz CT molecular complexity index is 1150. The number of aromatic amines is 2. The Balaban J connectivity index is 1.71. The summed E-state index contributed by atoms with van der Waals surface area (Å²) < 4.78 is 0. The van der Waals surface area contributed by atoms with Crippen molar-refractivity contribution in [3.63, 3.8) is 0 Å². The third kappa shape index (κ3) is 4.26. The maximum Gasteiger partial charge on any atom is 0.271 e. The quantitative estimate of drug-likeness (QED) is 0.678. The Morgan fingerprint density at radius 3 is 2.83 bits per heavy atom. The number of anilines is 1. The van der Waals surface area contributed by atoms with Gasteiger partial charge in [-0.2, -0.15) is 0 Å². The molecule has 29 heavy (non-hydrogen) atoms. The Labute approximate surface area is 173 Å². The molecule has 0 amide bonds. The summed E-state index contributed by atoms with van der Waals surface area (Å²) in [5, 5.41) is 6.88. The highest BCUT2D eigenvalue weighted by molar-refractivity contribution is 6.33. The smallest absolute Gasteiger partial charge is 0.271 e. The molecular weight excluding hydrogens is 388 g/mol. The molecule has 2 aromatic heterocycles. The SMILES string of the molecule is C=c1[nH][nH]c(=O)/c1=C\c1ccc(Cl)c(-c2cncc(N3CCCN(C)CC3)n2)c1. The van der Waals surface area contributed by atoms with Gasteiger partial charge in [-0.05, 0) is 43.8 Å². The lowest BCUT2D eigenvalue weighted by Crippen LogP contribution is -2.32. The van der Waals surface area contributed by atoms with Gasteiger partial charge in [0.15, 0.2) is 0 Å². The molecule has 4 rings (SSSR count). The summed E-state index contributed by atoms with van der Waals surface area (Å²) in [6.07, 6.45) is 6.38. The van der Waals surface area contributed by atoms with Crippen LogP contribution in [0.15, 0.2) is 35.4 Å². The lowest BCUT2D eigenvalue weighted by Gasteiger charge is -2.21. The summed E-state index contributed by atoms with van der Waals surface area (Å²) in [7, 11) is 2.14. The average Bonchev–Trinajstić information content (AvgIpc) is 2.91. The highest BCUT2D eigenvalue weighted by atomic mass is 35.5. The largest absolute Gasteiger partial charge is 0.354 e. The number of nitrogens with one attached hydrogen (secondary N) is 2. The second-order valence-electron chi connectivity index (χ2n) is 7.26. The first-order valence-corrected chi connectivity index (χ1v) is 9.92. The Morgan fingerprint density at radius 2 is 2.03 bits per heavy atom. The van der Waals surface area contributed by atoms with Gasteiger partial charge in [-0.3, -0.25) is 20.0 Å². The van der Waals surface area contributed by atoms with Crippen LogP contribution in [-0.2, 0) is 0 Å². The van der Waals surface area contributed by atoms with Crippen LogP contribution in [0.4, 0.5) is 5.82 Å². The monoisotopic (exact) mass is 410 g/mol. The number of aromatic nitrogens is 4. The van der Waals surface area contributed by atoms with Crippen molar-refractivity contribution in [1.82, 2.24) is 25.1 Å². The van der Waals surface area contributed by atoms with E-state index in [9.17, 15) is 4.79 Å². The van der Waals surface area contributed by atoms with Crippen LogP contribution in [0, 0.1) is 0 Å². The van der Waals surface area contributed by atoms with E-state index >= 15 is 0 Å². The van der Waals surface area contributed by atoms with Gasteiger partial charge in [0, 0.05) is 25.2 Å². The molecular formula is C21H23ClN6O. The molecule has 0 atom stereocenters. The molecule has 1 aromatic carbocycles. The molecule has 0 saturated carbocycles. The molecule has 1 fully saturated rings. The molecule has 1 aliphatic rings. The molecule has 0 unspecified atom stereocenters. The topological polar surface area (TPSA) is 80.9 Å². The fraction of sp³-hybridized carbons (Fsp3) is 0.286. The standard InChI is InChI=1S/C21H23ClN6O/c1-14-16(21(29)26-25-14)10-15-4-5-18(22)17(11-15)19-12-23-13-20(24-19)28-7-3-6-27(2)8-9-28/h4-5,10-13,25H,1,3,6-9H2,2H3,(H,26,29)/b16-10-. The fourth-order valence-electron chi connectivity index (χ4n) is 3.47. The average molecular weight is 411 g/mol. The lowest BCUT2D eigenvalue weighted by atomic mass is 10.1. The fourth-order valence-corrected chi connectivity index (χ4v) is 3.68. The first-order valence-electron chi connectivity index (χ1n) is 9.54. The number of halogens is 1. The van der Waals surface area contributed by atoms with Gasteiger partial charge >= 0.3 is 0 Å². The van der Waals surface area contributed by atoms with E-state index in [1.165, 1.54) is 0 Å². The van der Waals surface area contributed by atoms with E-state index in [1.54, 1.807) is 18.5 Å². The Morgan fingerprint density at radius 1 is 1.17 bits per heavy atom. The van der Waals surface area contributed by atoms with Crippen molar-refractivity contribution in [2.45, 2.75) is 6.42 Å². The van der Waals surface area contributed by atoms with Crippen LogP contribution in [0.3, 0.4) is 0 Å². The molecule has 2 N–H and O–H groups in total. The van der Waals surface area contributed by atoms with Gasteiger partial charge in [-0.15, -0.1) is 0 Å². The summed E-state index contributed by atoms with van der Waals surface area (Å²) in [6, 6.07) is 5.58. The summed E-state index contributed by atoms with van der Waals surface area (Å²) in [5.41, 5.74) is 2.11. The molecule has 8 heteroatoms. The minimum atomic E-state index is -0.209. The highest BCUT2D eigenvalue weighted by Gasteiger charge is 2.15. The number of rotatable bonds is 3. The Kier molecular flexibility index (Phi) is 5.51. The summed E-state index contributed by atoms with van der Waals surface area (Å²) in [5.74, 6) is 0.852. The van der Waals surface area contributed by atoms with Gasteiger partial charge < -0.3 is 9.80 Å². The van der Waals surface area contributed by atoms with Crippen LogP contribution >= 0.6 is 11.6 Å². The lowest BCUT2D eigenvalue weighted by molar-refractivity contribution is 0.360. The maximum atomic E-state index is 11.9. The van der Waals surface area contributed by atoms with Gasteiger partial charge in [0.05, 0.1) is 33.7 Å². The maximum absolute atomic E-state index is 11.9. The number of hydrogen-bond acceptors (Lipinski definition) is 5. The van der Waals surface area contributed by atoms with Crippen LogP contribution in [0.1, 0.15) is 12.0 Å². The van der Waals surface area contributed by atoms with Crippen LogP contribution in [0.5, 0.6) is 0 Å². The van der Waals surface area contributed by atoms with Crippen molar-refractivity contribution in [3.05, 3.63) is 62.1 Å². The second-order valence-corrected chi connectivity index (χ2v) is 7.67. The van der Waals surface area contributed by atoms with Crippen molar-refractivity contribution in [3.8, 4) is 11.3 Å². The number of hydrogen-bond donors (Lipinski definition) is 2. The molecule has 0 aliphatic carbocycles. The summed E-state index contributed by atoms with van der Waals surface area (Å²) in [6.45, 7) is 7.78. The van der Waals surface area contributed by atoms with E-state index in [0.29, 0.717) is 21.3 Å². The van der Waals surface area contributed by atoms with E-state index in [-0.39, 0.29) is 5.56 Å². The molecule has 3 aromatic rings. The first-order chi connectivity index (χ1) is 14.0. The van der Waals surface area contributed by atoms with Gasteiger partial charge in [0.25, 0.3) is 5.56 Å². The van der Waals surface area contributed by atoms with Crippen LogP contribution in [-0.4, -0.2) is 58.3 Å². The second kappa shape index (κ2) is 8.23. The van der Waals surface area contributed by atoms with E-state index in [0.717, 1.165) is 49.5 Å². The third-order valence-corrected chi connectivity index (χ3v) is 5.47. The summed E-state index contributed by atoms with van der Waals surface area (Å²) in [4.78, 5) is 25.7. The molecule has 1 saturated heterocycles. The van der Waals surface area contributed by atoms with Gasteiger partial charge in [0.1, 0.15) is 5.82 Å². The van der Waals surface area contributed by atoms with E-state index in [1.807, 2.05) is 18.2 Å². The molecule has 1 aliphatic heterocycles. The molecule has 3 heterocycles. The predicted octanol–water partition coefficient (Wildman–Crippen LogP) is 1.19. The zero-order valence-electron chi connectivity index (χ0n) is 16.3. The third-order valence-electron chi connectivity index (χ3n) is 5.14. The van der Waals surface area contributed by atoms with Crippen molar-refractivity contribution < 1.29 is 0 Å². The van der Waals surface area contributed by atoms with Crippen molar-refractivity contribution in [2.75, 3.05) is 38.1 Å². The van der Waals surface area contributed by atoms with Crippen molar-refractivity contribution >= 4 is 30.1 Å². The number of benzene rings is 1. The number of nitrogens with zero attached hydrogens (tertiary/aromatic N) is 4. The normalized spacial score (nSPS) is 16.2. The molecule has 0 spiro atoms. The minimum Gasteiger partial charge on any atom is -0.354 e. The van der Waals surface area contributed by atoms with Crippen LogP contribution in [0.2, 0.25) is 5.02 Å². The van der Waals surface area contributed by atoms with Crippen molar-refractivity contribution in [1.29, 1.82) is 0 Å². The van der Waals surface area contributed by atoms with Gasteiger partial charge in [0.2, 0.25) is 0 Å². The summed E-state index contributed by atoms with van der Waals surface area (Å²) >= 11 is 6.47. The molecule has 0 bridgehead atoms. The highest BCUT2D eigenvalue weighted by Crippen LogP contribution is 2.28. The van der Waals surface area contributed by atoms with Gasteiger partial charge in [-0.1, -0.05) is 24.2 Å². The van der Waals surface area contributed by atoms with Crippen molar-refractivity contribution in [2.24, 2.45) is 0 Å². The van der Waals surface area contributed by atoms with Crippen LogP contribution in [0.25, 0.3) is 23.9 Å². The van der Waals surface area contributed by atoms with E-state index in [4.69, 9.17) is 16.6 Å². The first kappa shape index (κ1) is 19.4. The molecule has 150 valence electrons.